The Kier molecular flexibility index (Phi) is 5.59. The molecule has 1 fully saturated rings. The monoisotopic (exact) mass is 327 g/mol. The minimum absolute atomic E-state index is 0.402. The van der Waals surface area contributed by atoms with E-state index < -0.39 is 5.83 Å². The van der Waals surface area contributed by atoms with E-state index in [1.54, 1.807) is 6.08 Å². The number of halogens is 1. The first-order chi connectivity index (χ1) is 11.7. The van der Waals surface area contributed by atoms with Crippen molar-refractivity contribution in [2.24, 2.45) is 0 Å². The van der Waals surface area contributed by atoms with E-state index in [0.717, 1.165) is 57.6 Å². The number of hydrogen-bond acceptors (Lipinski definition) is 3. The third-order valence-corrected chi connectivity index (χ3v) is 5.13. The first-order valence-corrected chi connectivity index (χ1v) is 8.71. The summed E-state index contributed by atoms with van der Waals surface area (Å²) in [5, 5.41) is 0. The van der Waals surface area contributed by atoms with Crippen LogP contribution >= 0.6 is 0 Å². The molecule has 0 bridgehead atoms. The number of aromatic nitrogens is 1. The Balaban J connectivity index is 1.52. The van der Waals surface area contributed by atoms with Crippen LogP contribution in [0.4, 0.5) is 4.39 Å². The van der Waals surface area contributed by atoms with Crippen LogP contribution in [-0.4, -0.2) is 47.0 Å². The molecule has 0 unspecified atom stereocenters. The van der Waals surface area contributed by atoms with E-state index in [0.29, 0.717) is 6.04 Å². The Labute approximate surface area is 144 Å². The standard InChI is InChI=1S/C20H26FN3/c1-3-17(12-16(2)21)14-23-9-6-20(7-10-23)24-11-5-18-4-8-22-13-19(18)15-24/h3-4,8,12-13,20H,1-2,5-7,9-11,14-15H2/b17-12+. The predicted molar refractivity (Wildman–Crippen MR) is 96.3 cm³/mol. The average molecular weight is 327 g/mol. The molecule has 0 amide bonds. The van der Waals surface area contributed by atoms with Crippen molar-refractivity contribution in [2.75, 3.05) is 26.2 Å². The lowest BCUT2D eigenvalue weighted by atomic mass is 9.96. The number of nitrogens with zero attached hydrogens (tertiary/aromatic N) is 3. The van der Waals surface area contributed by atoms with Crippen molar-refractivity contribution in [3.05, 3.63) is 66.3 Å². The second-order valence-corrected chi connectivity index (χ2v) is 6.74. The van der Waals surface area contributed by atoms with Crippen LogP contribution in [0.1, 0.15) is 24.0 Å². The number of likely N-dealkylation sites (tertiary alicyclic amines) is 1. The van der Waals surface area contributed by atoms with Gasteiger partial charge >= 0.3 is 0 Å². The van der Waals surface area contributed by atoms with Crippen molar-refractivity contribution in [2.45, 2.75) is 31.8 Å². The van der Waals surface area contributed by atoms with Gasteiger partial charge in [-0.25, -0.2) is 4.39 Å². The SMILES string of the molecule is C=C/C(=C\C(=C)F)CN1CCC(N2CCc3ccncc3C2)CC1. The Morgan fingerprint density at radius 2 is 2.08 bits per heavy atom. The van der Waals surface area contributed by atoms with Crippen LogP contribution in [0.5, 0.6) is 0 Å². The first-order valence-electron chi connectivity index (χ1n) is 8.71. The Bertz CT molecular complexity index is 630. The molecule has 128 valence electrons. The molecule has 3 nitrogen and oxygen atoms in total. The van der Waals surface area contributed by atoms with Gasteiger partial charge in [-0.05, 0) is 61.2 Å². The minimum Gasteiger partial charge on any atom is -0.299 e. The fraction of sp³-hybridized carbons (Fsp3) is 0.450. The number of allylic oxidation sites excluding steroid dienone is 2. The molecule has 2 aliphatic rings. The maximum Gasteiger partial charge on any atom is 0.116 e. The number of pyridine rings is 1. The predicted octanol–water partition coefficient (Wildman–Crippen LogP) is 3.50. The van der Waals surface area contributed by atoms with Crippen LogP contribution in [0.25, 0.3) is 0 Å². The highest BCUT2D eigenvalue weighted by Crippen LogP contribution is 2.24. The summed E-state index contributed by atoms with van der Waals surface area (Å²) in [6.45, 7) is 12.1. The van der Waals surface area contributed by atoms with E-state index in [1.807, 2.05) is 12.4 Å². The maximum atomic E-state index is 13.0. The highest BCUT2D eigenvalue weighted by atomic mass is 19.1. The van der Waals surface area contributed by atoms with E-state index in [-0.39, 0.29) is 0 Å². The molecule has 1 aromatic heterocycles. The number of fused-ring (bicyclic) bond motifs is 1. The van der Waals surface area contributed by atoms with Gasteiger partial charge in [0.1, 0.15) is 5.83 Å². The van der Waals surface area contributed by atoms with Crippen LogP contribution in [0.15, 0.2) is 55.2 Å². The van der Waals surface area contributed by atoms with Gasteiger partial charge in [0.2, 0.25) is 0 Å². The lowest BCUT2D eigenvalue weighted by molar-refractivity contribution is 0.103. The van der Waals surface area contributed by atoms with E-state index >= 15 is 0 Å². The Morgan fingerprint density at radius 3 is 2.79 bits per heavy atom. The van der Waals surface area contributed by atoms with Crippen LogP contribution in [0, 0.1) is 0 Å². The molecule has 2 aliphatic heterocycles. The van der Waals surface area contributed by atoms with Gasteiger partial charge in [-0.3, -0.25) is 14.8 Å². The molecule has 0 atom stereocenters. The van der Waals surface area contributed by atoms with Gasteiger partial charge in [-0.1, -0.05) is 19.2 Å². The molecular formula is C20H26FN3. The topological polar surface area (TPSA) is 19.4 Å². The second kappa shape index (κ2) is 7.86. The summed E-state index contributed by atoms with van der Waals surface area (Å²) in [5.74, 6) is -0.402. The second-order valence-electron chi connectivity index (χ2n) is 6.74. The smallest absolute Gasteiger partial charge is 0.116 e. The van der Waals surface area contributed by atoms with Gasteiger partial charge in [0.15, 0.2) is 0 Å². The zero-order chi connectivity index (χ0) is 16.9. The molecule has 0 aromatic carbocycles. The highest BCUT2D eigenvalue weighted by Gasteiger charge is 2.27. The third kappa shape index (κ3) is 4.19. The molecule has 1 aromatic rings. The summed E-state index contributed by atoms with van der Waals surface area (Å²) in [5.41, 5.74) is 3.73. The molecule has 4 heteroatoms. The zero-order valence-corrected chi connectivity index (χ0v) is 14.3. The number of hydrogen-bond donors (Lipinski definition) is 0. The lowest BCUT2D eigenvalue weighted by Crippen LogP contribution is -2.46. The number of rotatable bonds is 5. The summed E-state index contributed by atoms with van der Waals surface area (Å²) in [6, 6.07) is 2.79. The van der Waals surface area contributed by atoms with Gasteiger partial charge in [-0.2, -0.15) is 0 Å². The molecule has 3 rings (SSSR count). The van der Waals surface area contributed by atoms with Gasteiger partial charge in [0, 0.05) is 38.1 Å². The molecule has 0 N–H and O–H groups in total. The van der Waals surface area contributed by atoms with E-state index in [1.165, 1.54) is 17.2 Å². The van der Waals surface area contributed by atoms with E-state index in [2.05, 4.69) is 34.0 Å². The Hall–Kier alpha value is -1.78. The van der Waals surface area contributed by atoms with E-state index in [9.17, 15) is 4.39 Å². The fourth-order valence-electron chi connectivity index (χ4n) is 3.79. The highest BCUT2D eigenvalue weighted by molar-refractivity contribution is 5.26. The number of piperidine rings is 1. The molecule has 24 heavy (non-hydrogen) atoms. The molecule has 1 saturated heterocycles. The Morgan fingerprint density at radius 1 is 1.29 bits per heavy atom. The quantitative estimate of drug-likeness (QED) is 0.772. The van der Waals surface area contributed by atoms with Gasteiger partial charge in [0.25, 0.3) is 0 Å². The van der Waals surface area contributed by atoms with Crippen molar-refractivity contribution in [3.63, 3.8) is 0 Å². The summed E-state index contributed by atoms with van der Waals surface area (Å²) in [4.78, 5) is 9.25. The largest absolute Gasteiger partial charge is 0.299 e. The zero-order valence-electron chi connectivity index (χ0n) is 14.3. The van der Waals surface area contributed by atoms with Crippen LogP contribution in [-0.2, 0) is 13.0 Å². The molecule has 0 radical (unpaired) electrons. The van der Waals surface area contributed by atoms with Gasteiger partial charge < -0.3 is 0 Å². The minimum atomic E-state index is -0.402. The average Bonchev–Trinajstić information content (AvgIpc) is 2.61. The first kappa shape index (κ1) is 17.1. The summed E-state index contributed by atoms with van der Waals surface area (Å²) < 4.78 is 13.0. The molecule has 0 saturated carbocycles. The molecule has 0 spiro atoms. The summed E-state index contributed by atoms with van der Waals surface area (Å²) >= 11 is 0. The van der Waals surface area contributed by atoms with Crippen LogP contribution in [0.2, 0.25) is 0 Å². The lowest BCUT2D eigenvalue weighted by Gasteiger charge is -2.40. The molecular weight excluding hydrogens is 301 g/mol. The van der Waals surface area contributed by atoms with E-state index in [4.69, 9.17) is 0 Å². The fourth-order valence-corrected chi connectivity index (χ4v) is 3.79. The van der Waals surface area contributed by atoms with Crippen molar-refractivity contribution in [1.29, 1.82) is 0 Å². The van der Waals surface area contributed by atoms with Crippen molar-refractivity contribution < 1.29 is 4.39 Å². The summed E-state index contributed by atoms with van der Waals surface area (Å²) in [6.07, 6.45) is 10.6. The summed E-state index contributed by atoms with van der Waals surface area (Å²) in [7, 11) is 0. The third-order valence-electron chi connectivity index (χ3n) is 5.13. The van der Waals surface area contributed by atoms with Gasteiger partial charge in [0.05, 0.1) is 0 Å². The van der Waals surface area contributed by atoms with Crippen LogP contribution < -0.4 is 0 Å². The van der Waals surface area contributed by atoms with Crippen LogP contribution in [0.3, 0.4) is 0 Å². The van der Waals surface area contributed by atoms with Crippen molar-refractivity contribution >= 4 is 0 Å². The molecule has 0 aliphatic carbocycles. The van der Waals surface area contributed by atoms with Gasteiger partial charge in [-0.15, -0.1) is 0 Å². The molecule has 3 heterocycles. The van der Waals surface area contributed by atoms with Crippen molar-refractivity contribution in [3.8, 4) is 0 Å². The maximum absolute atomic E-state index is 13.0. The normalized spacial score (nSPS) is 20.6. The van der Waals surface area contributed by atoms with Crippen molar-refractivity contribution in [1.82, 2.24) is 14.8 Å².